The molecule has 2 unspecified atom stereocenters. The minimum absolute atomic E-state index is 0.0495. The number of carbonyl (C=O) groups is 2. The Morgan fingerprint density at radius 1 is 1.35 bits per heavy atom. The maximum atomic E-state index is 12.4. The number of fused-ring (bicyclic) bond motifs is 1. The summed E-state index contributed by atoms with van der Waals surface area (Å²) in [7, 11) is 0. The molecule has 1 aliphatic rings. The summed E-state index contributed by atoms with van der Waals surface area (Å²) in [4.78, 5) is 28.6. The Labute approximate surface area is 135 Å². The van der Waals surface area contributed by atoms with E-state index in [1.54, 1.807) is 4.90 Å². The number of carbonyl (C=O) groups excluding carboxylic acids is 1. The molecule has 2 heterocycles. The number of aromatic nitrogens is 1. The van der Waals surface area contributed by atoms with Crippen molar-refractivity contribution in [2.24, 2.45) is 11.8 Å². The van der Waals surface area contributed by atoms with Crippen LogP contribution in [0.15, 0.2) is 30.5 Å². The number of likely N-dealkylation sites (tertiary alicyclic amines) is 1. The lowest BCUT2D eigenvalue weighted by Crippen LogP contribution is -2.45. The molecule has 0 aliphatic carbocycles. The van der Waals surface area contributed by atoms with Crippen LogP contribution in [-0.2, 0) is 16.0 Å². The number of nitrogens with one attached hydrogen (secondary N) is 1. The van der Waals surface area contributed by atoms with Gasteiger partial charge in [-0.05, 0) is 30.4 Å². The summed E-state index contributed by atoms with van der Waals surface area (Å²) >= 11 is 0. The molecule has 2 atom stereocenters. The van der Waals surface area contributed by atoms with Crippen molar-refractivity contribution in [2.45, 2.75) is 26.2 Å². The highest BCUT2D eigenvalue weighted by Crippen LogP contribution is 2.25. The van der Waals surface area contributed by atoms with Crippen LogP contribution in [0.5, 0.6) is 0 Å². The zero-order chi connectivity index (χ0) is 16.4. The van der Waals surface area contributed by atoms with Gasteiger partial charge in [0.25, 0.3) is 0 Å². The minimum atomic E-state index is -0.799. The monoisotopic (exact) mass is 314 g/mol. The van der Waals surface area contributed by atoms with Gasteiger partial charge in [-0.1, -0.05) is 25.1 Å². The molecule has 2 N–H and O–H groups in total. The maximum Gasteiger partial charge on any atom is 0.308 e. The number of amides is 1. The quantitative estimate of drug-likeness (QED) is 0.911. The molecule has 0 radical (unpaired) electrons. The molecule has 0 saturated carbocycles. The molecule has 23 heavy (non-hydrogen) atoms. The second-order valence-corrected chi connectivity index (χ2v) is 6.41. The van der Waals surface area contributed by atoms with Crippen LogP contribution in [0.3, 0.4) is 0 Å². The molecule has 0 spiro atoms. The van der Waals surface area contributed by atoms with Gasteiger partial charge in [-0.15, -0.1) is 0 Å². The number of aliphatic carboxylic acids is 1. The van der Waals surface area contributed by atoms with E-state index < -0.39 is 11.9 Å². The first-order chi connectivity index (χ1) is 11.1. The lowest BCUT2D eigenvalue weighted by Gasteiger charge is -2.35. The Morgan fingerprint density at radius 2 is 2.13 bits per heavy atom. The van der Waals surface area contributed by atoms with Gasteiger partial charge in [-0.25, -0.2) is 0 Å². The number of H-pyrrole nitrogens is 1. The average molecular weight is 314 g/mol. The van der Waals surface area contributed by atoms with Gasteiger partial charge < -0.3 is 15.0 Å². The Hall–Kier alpha value is -2.30. The highest BCUT2D eigenvalue weighted by molar-refractivity contribution is 5.84. The fourth-order valence-electron chi connectivity index (χ4n) is 3.36. The first-order valence-electron chi connectivity index (χ1n) is 8.12. The number of para-hydroxylation sites is 1. The predicted octanol–water partition coefficient (Wildman–Crippen LogP) is 2.67. The molecular weight excluding hydrogens is 292 g/mol. The van der Waals surface area contributed by atoms with Crippen molar-refractivity contribution < 1.29 is 14.7 Å². The Kier molecular flexibility index (Phi) is 4.37. The van der Waals surface area contributed by atoms with E-state index in [9.17, 15) is 14.7 Å². The van der Waals surface area contributed by atoms with Gasteiger partial charge in [0.2, 0.25) is 5.91 Å². The second-order valence-electron chi connectivity index (χ2n) is 6.41. The molecule has 122 valence electrons. The number of benzene rings is 1. The lowest BCUT2D eigenvalue weighted by molar-refractivity contribution is -0.148. The second kappa shape index (κ2) is 6.44. The highest BCUT2D eigenvalue weighted by atomic mass is 16.4. The van der Waals surface area contributed by atoms with Crippen molar-refractivity contribution in [3.8, 4) is 0 Å². The van der Waals surface area contributed by atoms with Crippen molar-refractivity contribution >= 4 is 22.8 Å². The number of aryl methyl sites for hydroxylation is 1. The van der Waals surface area contributed by atoms with Gasteiger partial charge in [-0.3, -0.25) is 9.59 Å². The summed E-state index contributed by atoms with van der Waals surface area (Å²) in [6.45, 7) is 2.95. The van der Waals surface area contributed by atoms with Crippen LogP contribution in [0.25, 0.3) is 10.9 Å². The summed E-state index contributed by atoms with van der Waals surface area (Å²) in [6.07, 6.45) is 3.81. The number of rotatable bonds is 4. The van der Waals surface area contributed by atoms with Gasteiger partial charge >= 0.3 is 5.97 Å². The van der Waals surface area contributed by atoms with E-state index in [2.05, 4.69) is 11.1 Å². The Bertz CT molecular complexity index is 722. The van der Waals surface area contributed by atoms with Crippen molar-refractivity contribution in [1.82, 2.24) is 9.88 Å². The molecule has 1 amide bonds. The van der Waals surface area contributed by atoms with Crippen LogP contribution in [0.4, 0.5) is 0 Å². The molecular formula is C18H22N2O3. The number of carboxylic acid groups (broad SMARTS) is 1. The molecule has 3 rings (SSSR count). The van der Waals surface area contributed by atoms with Crippen LogP contribution in [-0.4, -0.2) is 40.0 Å². The van der Waals surface area contributed by atoms with E-state index in [1.165, 1.54) is 0 Å². The van der Waals surface area contributed by atoms with Gasteiger partial charge in [0.15, 0.2) is 0 Å². The van der Waals surface area contributed by atoms with E-state index in [4.69, 9.17) is 0 Å². The number of aromatic amines is 1. The van der Waals surface area contributed by atoms with E-state index in [1.807, 2.05) is 31.3 Å². The fourth-order valence-corrected chi connectivity index (χ4v) is 3.36. The first kappa shape index (κ1) is 15.6. The number of hydrogen-bond acceptors (Lipinski definition) is 2. The first-order valence-corrected chi connectivity index (χ1v) is 8.12. The summed E-state index contributed by atoms with van der Waals surface area (Å²) in [5.41, 5.74) is 2.21. The maximum absolute atomic E-state index is 12.4. The topological polar surface area (TPSA) is 73.4 Å². The van der Waals surface area contributed by atoms with E-state index >= 15 is 0 Å². The molecule has 1 aromatic heterocycles. The molecule has 1 saturated heterocycles. The number of nitrogens with zero attached hydrogens (tertiary/aromatic N) is 1. The van der Waals surface area contributed by atoms with Crippen LogP contribution in [0.2, 0.25) is 0 Å². The third kappa shape index (κ3) is 3.23. The third-order valence-electron chi connectivity index (χ3n) is 4.91. The van der Waals surface area contributed by atoms with Crippen molar-refractivity contribution in [3.63, 3.8) is 0 Å². The van der Waals surface area contributed by atoms with Gasteiger partial charge in [-0.2, -0.15) is 0 Å². The highest BCUT2D eigenvalue weighted by Gasteiger charge is 2.33. The lowest BCUT2D eigenvalue weighted by atomic mass is 9.87. The van der Waals surface area contributed by atoms with Gasteiger partial charge in [0.05, 0.1) is 5.92 Å². The van der Waals surface area contributed by atoms with E-state index in [0.717, 1.165) is 22.9 Å². The summed E-state index contributed by atoms with van der Waals surface area (Å²) in [6, 6.07) is 8.04. The van der Waals surface area contributed by atoms with Gasteiger partial charge in [0, 0.05) is 36.6 Å². The molecule has 0 bridgehead atoms. The minimum Gasteiger partial charge on any atom is -0.481 e. The predicted molar refractivity (Wildman–Crippen MR) is 88.1 cm³/mol. The summed E-state index contributed by atoms with van der Waals surface area (Å²) in [5, 5.41) is 10.4. The standard InChI is InChI=1S/C18H22N2O3/c1-12-8-9-20(11-15(12)18(22)23)17(21)7-6-13-10-19-16-5-3-2-4-14(13)16/h2-5,10,12,15,19H,6-9,11H2,1H3,(H,22,23). The fraction of sp³-hybridized carbons (Fsp3) is 0.444. The largest absolute Gasteiger partial charge is 0.481 e. The van der Waals surface area contributed by atoms with Crippen molar-refractivity contribution in [2.75, 3.05) is 13.1 Å². The molecule has 5 heteroatoms. The number of carboxylic acids is 1. The Morgan fingerprint density at radius 3 is 2.91 bits per heavy atom. The smallest absolute Gasteiger partial charge is 0.308 e. The average Bonchev–Trinajstić information content (AvgIpc) is 2.96. The molecule has 1 aromatic carbocycles. The van der Waals surface area contributed by atoms with Crippen LogP contribution in [0.1, 0.15) is 25.3 Å². The van der Waals surface area contributed by atoms with Gasteiger partial charge in [0.1, 0.15) is 0 Å². The molecule has 1 aliphatic heterocycles. The van der Waals surface area contributed by atoms with Crippen molar-refractivity contribution in [1.29, 1.82) is 0 Å². The van der Waals surface area contributed by atoms with Crippen LogP contribution in [0, 0.1) is 11.8 Å². The summed E-state index contributed by atoms with van der Waals surface area (Å²) in [5.74, 6) is -1.06. The van der Waals surface area contributed by atoms with Crippen molar-refractivity contribution in [3.05, 3.63) is 36.0 Å². The molecule has 1 fully saturated rings. The van der Waals surface area contributed by atoms with Crippen LogP contribution >= 0.6 is 0 Å². The molecule has 5 nitrogen and oxygen atoms in total. The normalized spacial score (nSPS) is 21.5. The number of piperidine rings is 1. The summed E-state index contributed by atoms with van der Waals surface area (Å²) < 4.78 is 0. The zero-order valence-electron chi connectivity index (χ0n) is 13.3. The SMILES string of the molecule is CC1CCN(C(=O)CCc2c[nH]c3ccccc23)CC1C(=O)O. The third-order valence-corrected chi connectivity index (χ3v) is 4.91. The number of hydrogen-bond donors (Lipinski definition) is 2. The zero-order valence-corrected chi connectivity index (χ0v) is 13.3. The molecule has 2 aromatic rings. The van der Waals surface area contributed by atoms with E-state index in [-0.39, 0.29) is 11.8 Å². The Balaban J connectivity index is 1.62. The van der Waals surface area contributed by atoms with Crippen LogP contribution < -0.4 is 0 Å². The van der Waals surface area contributed by atoms with E-state index in [0.29, 0.717) is 25.9 Å².